The molecule has 0 radical (unpaired) electrons. The molecule has 2 unspecified atom stereocenters. The van der Waals surface area contributed by atoms with Gasteiger partial charge in [0.05, 0.1) is 25.7 Å². The summed E-state index contributed by atoms with van der Waals surface area (Å²) in [6.45, 7) is 2.43. The van der Waals surface area contributed by atoms with Crippen LogP contribution in [0.2, 0.25) is 0 Å². The predicted molar refractivity (Wildman–Crippen MR) is 85.7 cm³/mol. The van der Waals surface area contributed by atoms with E-state index in [0.717, 1.165) is 26.4 Å². The molecule has 3 atom stereocenters. The van der Waals surface area contributed by atoms with E-state index in [1.807, 2.05) is 0 Å². The first-order chi connectivity index (χ1) is 11.7. The maximum atomic E-state index is 11.3. The molecule has 0 aliphatic carbocycles. The van der Waals surface area contributed by atoms with E-state index in [2.05, 4.69) is 0 Å². The molecular formula is C13H22O11S2. The van der Waals surface area contributed by atoms with Gasteiger partial charge >= 0.3 is 11.9 Å². The van der Waals surface area contributed by atoms with Crippen molar-refractivity contribution >= 4 is 32.2 Å². The Balaban J connectivity index is 3.22. The molecule has 0 spiro atoms. The predicted octanol–water partition coefficient (Wildman–Crippen LogP) is -0.835. The van der Waals surface area contributed by atoms with Gasteiger partial charge in [0.2, 0.25) is 6.29 Å². The molecule has 1 fully saturated rings. The first-order valence-electron chi connectivity index (χ1n) is 7.36. The molecule has 0 bridgehead atoms. The number of ether oxygens (including phenoxy) is 3. The third-order valence-corrected chi connectivity index (χ3v) is 4.65. The highest BCUT2D eigenvalue weighted by Gasteiger charge is 2.57. The fraction of sp³-hybridized carbons (Fsp3) is 0.846. The van der Waals surface area contributed by atoms with Crippen molar-refractivity contribution in [2.45, 2.75) is 38.8 Å². The molecule has 1 aliphatic rings. The Kier molecular flexibility index (Phi) is 7.15. The third-order valence-electron chi connectivity index (χ3n) is 3.56. The summed E-state index contributed by atoms with van der Waals surface area (Å²) in [6.07, 6.45) is -0.921. The first-order valence-corrected chi connectivity index (χ1v) is 11.0. The normalized spacial score (nSPS) is 25.7. The van der Waals surface area contributed by atoms with Crippen LogP contribution in [0.1, 0.15) is 20.8 Å². The molecule has 0 amide bonds. The second kappa shape index (κ2) is 8.17. The minimum Gasteiger partial charge on any atom is -0.455 e. The van der Waals surface area contributed by atoms with E-state index in [0.29, 0.717) is 0 Å². The fourth-order valence-electron chi connectivity index (χ4n) is 2.33. The summed E-state index contributed by atoms with van der Waals surface area (Å²) in [5, 5.41) is 0. The molecule has 0 saturated carbocycles. The molecule has 0 aromatic carbocycles. The summed E-state index contributed by atoms with van der Waals surface area (Å²) in [5.41, 5.74) is -1.67. The number of hydrogen-bond acceptors (Lipinski definition) is 11. The SMILES string of the molecule is CC(=O)OC1OC(COS(C)(=O)=O)(COS(C)(=O)=O)[C@H](C)C1OC(C)=O. The van der Waals surface area contributed by atoms with Crippen molar-refractivity contribution in [3.05, 3.63) is 0 Å². The maximum Gasteiger partial charge on any atom is 0.305 e. The molecule has 0 aromatic heterocycles. The standard InChI is InChI=1S/C13H22O11S2/c1-8-11(22-9(2)14)12(23-10(3)15)24-13(8,6-20-25(4,16)17)7-21-26(5,18)19/h8,11-12H,6-7H2,1-5H3/t8-,11?,12?/m1/s1. The smallest absolute Gasteiger partial charge is 0.305 e. The van der Waals surface area contributed by atoms with Crippen LogP contribution in [0.25, 0.3) is 0 Å². The molecule has 1 rings (SSSR count). The summed E-state index contributed by atoms with van der Waals surface area (Å²) in [7, 11) is -7.82. The van der Waals surface area contributed by atoms with Crippen LogP contribution in [0.15, 0.2) is 0 Å². The van der Waals surface area contributed by atoms with Gasteiger partial charge in [-0.15, -0.1) is 0 Å². The van der Waals surface area contributed by atoms with Crippen LogP contribution in [0, 0.1) is 5.92 Å². The van der Waals surface area contributed by atoms with Crippen molar-refractivity contribution in [2.24, 2.45) is 5.92 Å². The van der Waals surface area contributed by atoms with Gasteiger partial charge in [-0.1, -0.05) is 6.92 Å². The van der Waals surface area contributed by atoms with Gasteiger partial charge in [-0.05, 0) is 0 Å². The molecule has 11 nitrogen and oxygen atoms in total. The molecular weight excluding hydrogens is 396 g/mol. The summed E-state index contributed by atoms with van der Waals surface area (Å²) in [6, 6.07) is 0. The average Bonchev–Trinajstić information content (AvgIpc) is 2.66. The van der Waals surface area contributed by atoms with Gasteiger partial charge in [-0.25, -0.2) is 0 Å². The average molecular weight is 418 g/mol. The van der Waals surface area contributed by atoms with Gasteiger partial charge < -0.3 is 14.2 Å². The third kappa shape index (κ3) is 6.79. The Morgan fingerprint density at radius 1 is 0.923 bits per heavy atom. The zero-order valence-corrected chi connectivity index (χ0v) is 16.6. The van der Waals surface area contributed by atoms with Crippen LogP contribution in [0.3, 0.4) is 0 Å². The van der Waals surface area contributed by atoms with Crippen molar-refractivity contribution in [3.63, 3.8) is 0 Å². The molecule has 152 valence electrons. The lowest BCUT2D eigenvalue weighted by Gasteiger charge is -2.31. The van der Waals surface area contributed by atoms with Gasteiger partial charge in [0.25, 0.3) is 20.2 Å². The Bertz CT molecular complexity index is 704. The molecule has 26 heavy (non-hydrogen) atoms. The molecule has 1 heterocycles. The number of rotatable bonds is 8. The minimum absolute atomic E-state index is 0.641. The summed E-state index contributed by atoms with van der Waals surface area (Å²) < 4.78 is 70.5. The van der Waals surface area contributed by atoms with Crippen molar-refractivity contribution in [1.82, 2.24) is 0 Å². The van der Waals surface area contributed by atoms with Crippen LogP contribution in [0.4, 0.5) is 0 Å². The highest BCUT2D eigenvalue weighted by Crippen LogP contribution is 2.40. The highest BCUT2D eigenvalue weighted by molar-refractivity contribution is 7.86. The molecule has 0 aromatic rings. The van der Waals surface area contributed by atoms with Crippen LogP contribution in [-0.2, 0) is 52.4 Å². The Hall–Kier alpha value is -1.28. The molecule has 0 N–H and O–H groups in total. The van der Waals surface area contributed by atoms with Gasteiger partial charge in [0, 0.05) is 19.8 Å². The largest absolute Gasteiger partial charge is 0.455 e. The van der Waals surface area contributed by atoms with Crippen LogP contribution < -0.4 is 0 Å². The van der Waals surface area contributed by atoms with Crippen LogP contribution >= 0.6 is 0 Å². The first kappa shape index (κ1) is 22.8. The van der Waals surface area contributed by atoms with E-state index in [9.17, 15) is 26.4 Å². The Labute approximate surface area is 152 Å². The zero-order chi connectivity index (χ0) is 20.3. The van der Waals surface area contributed by atoms with E-state index < -0.39 is 69.3 Å². The van der Waals surface area contributed by atoms with Crippen molar-refractivity contribution in [2.75, 3.05) is 25.7 Å². The summed E-state index contributed by atoms with van der Waals surface area (Å²) in [4.78, 5) is 22.6. The number of hydrogen-bond donors (Lipinski definition) is 0. The fourth-order valence-corrected chi connectivity index (χ4v) is 3.16. The number of carbonyl (C=O) groups excluding carboxylic acids is 2. The van der Waals surface area contributed by atoms with E-state index in [1.165, 1.54) is 6.92 Å². The maximum absolute atomic E-state index is 11.3. The second-order valence-corrected chi connectivity index (χ2v) is 9.24. The van der Waals surface area contributed by atoms with E-state index in [4.69, 9.17) is 22.6 Å². The van der Waals surface area contributed by atoms with Crippen LogP contribution in [-0.4, -0.2) is 72.5 Å². The summed E-state index contributed by atoms with van der Waals surface area (Å²) in [5.74, 6) is -2.28. The minimum atomic E-state index is -3.91. The lowest BCUT2D eigenvalue weighted by atomic mass is 9.88. The van der Waals surface area contributed by atoms with Crippen molar-refractivity contribution < 1.29 is 49.0 Å². The second-order valence-electron chi connectivity index (χ2n) is 5.96. The Morgan fingerprint density at radius 3 is 1.69 bits per heavy atom. The van der Waals surface area contributed by atoms with Crippen LogP contribution in [0.5, 0.6) is 0 Å². The summed E-state index contributed by atoms with van der Waals surface area (Å²) >= 11 is 0. The van der Waals surface area contributed by atoms with Gasteiger partial charge in [0.1, 0.15) is 5.60 Å². The van der Waals surface area contributed by atoms with Gasteiger partial charge in [-0.3, -0.25) is 18.0 Å². The molecule has 13 heteroatoms. The zero-order valence-electron chi connectivity index (χ0n) is 15.0. The number of esters is 2. The topological polar surface area (TPSA) is 149 Å². The van der Waals surface area contributed by atoms with Crippen molar-refractivity contribution in [3.8, 4) is 0 Å². The Morgan fingerprint density at radius 2 is 1.35 bits per heavy atom. The van der Waals surface area contributed by atoms with E-state index >= 15 is 0 Å². The monoisotopic (exact) mass is 418 g/mol. The lowest BCUT2D eigenvalue weighted by molar-refractivity contribution is -0.210. The lowest BCUT2D eigenvalue weighted by Crippen LogP contribution is -2.47. The highest BCUT2D eigenvalue weighted by atomic mass is 32.2. The number of carbonyl (C=O) groups is 2. The van der Waals surface area contributed by atoms with E-state index in [-0.39, 0.29) is 0 Å². The van der Waals surface area contributed by atoms with Gasteiger partial charge in [-0.2, -0.15) is 16.8 Å². The van der Waals surface area contributed by atoms with E-state index in [1.54, 1.807) is 0 Å². The molecule has 1 saturated heterocycles. The van der Waals surface area contributed by atoms with Gasteiger partial charge in [0.15, 0.2) is 6.10 Å². The quantitative estimate of drug-likeness (QED) is 0.359. The van der Waals surface area contributed by atoms with Crippen molar-refractivity contribution in [1.29, 1.82) is 0 Å². The molecule has 1 aliphatic heterocycles.